The first-order chi connectivity index (χ1) is 8.13. The van der Waals surface area contributed by atoms with E-state index in [0.29, 0.717) is 10.2 Å². The minimum atomic E-state index is -0.357. The Morgan fingerprint density at radius 2 is 2.18 bits per heavy atom. The Labute approximate surface area is 115 Å². The number of alkyl halides is 1. The quantitative estimate of drug-likeness (QED) is 0.739. The molecule has 0 bridgehead atoms. The van der Waals surface area contributed by atoms with E-state index in [0.717, 1.165) is 11.3 Å². The summed E-state index contributed by atoms with van der Waals surface area (Å²) < 4.78 is 24.3. The SMILES string of the molecule is COc1cc(F)c(Br)cc1C(Br)c1ccco1. The molecule has 2 aromatic rings. The van der Waals surface area contributed by atoms with E-state index in [4.69, 9.17) is 9.15 Å². The molecule has 0 aliphatic carbocycles. The summed E-state index contributed by atoms with van der Waals surface area (Å²) in [6, 6.07) is 6.66. The zero-order valence-electron chi connectivity index (χ0n) is 8.91. The van der Waals surface area contributed by atoms with Crippen molar-refractivity contribution in [3.8, 4) is 5.75 Å². The summed E-state index contributed by atoms with van der Waals surface area (Å²) >= 11 is 6.67. The Balaban J connectivity index is 2.47. The van der Waals surface area contributed by atoms with Crippen molar-refractivity contribution in [1.29, 1.82) is 0 Å². The fourth-order valence-corrected chi connectivity index (χ4v) is 2.49. The van der Waals surface area contributed by atoms with Crippen LogP contribution in [-0.2, 0) is 0 Å². The van der Waals surface area contributed by atoms with Crippen LogP contribution in [0.25, 0.3) is 0 Å². The largest absolute Gasteiger partial charge is 0.496 e. The lowest BCUT2D eigenvalue weighted by Crippen LogP contribution is -1.97. The standard InChI is InChI=1S/C12H9Br2FO2/c1-16-11-6-9(15)8(13)5-7(11)12(14)10-3-2-4-17-10/h2-6,12H,1H3. The summed E-state index contributed by atoms with van der Waals surface area (Å²) in [6.45, 7) is 0. The number of ether oxygens (including phenoxy) is 1. The molecule has 2 nitrogen and oxygen atoms in total. The van der Waals surface area contributed by atoms with Crippen molar-refractivity contribution in [3.05, 3.63) is 52.1 Å². The third-order valence-electron chi connectivity index (χ3n) is 2.34. The second-order valence-corrected chi connectivity index (χ2v) is 5.16. The van der Waals surface area contributed by atoms with Crippen molar-refractivity contribution in [2.75, 3.05) is 7.11 Å². The summed E-state index contributed by atoms with van der Waals surface area (Å²) in [6.07, 6.45) is 1.59. The third kappa shape index (κ3) is 2.55. The zero-order valence-corrected chi connectivity index (χ0v) is 12.1. The highest BCUT2D eigenvalue weighted by atomic mass is 79.9. The van der Waals surface area contributed by atoms with E-state index in [2.05, 4.69) is 31.9 Å². The van der Waals surface area contributed by atoms with E-state index < -0.39 is 0 Å². The van der Waals surface area contributed by atoms with Gasteiger partial charge in [0.2, 0.25) is 0 Å². The molecule has 5 heteroatoms. The van der Waals surface area contributed by atoms with Gasteiger partial charge in [-0.05, 0) is 34.1 Å². The molecule has 1 aromatic carbocycles. The van der Waals surface area contributed by atoms with Gasteiger partial charge in [0.1, 0.15) is 22.2 Å². The number of benzene rings is 1. The predicted octanol–water partition coefficient (Wildman–Crippen LogP) is 4.67. The smallest absolute Gasteiger partial charge is 0.141 e. The van der Waals surface area contributed by atoms with E-state index in [1.54, 1.807) is 18.4 Å². The minimum Gasteiger partial charge on any atom is -0.496 e. The molecule has 0 N–H and O–H groups in total. The van der Waals surface area contributed by atoms with Gasteiger partial charge in [0.15, 0.2) is 0 Å². The molecule has 0 aliphatic heterocycles. The molecule has 1 unspecified atom stereocenters. The molecule has 0 saturated carbocycles. The number of hydrogen-bond acceptors (Lipinski definition) is 2. The van der Waals surface area contributed by atoms with E-state index in [-0.39, 0.29) is 10.6 Å². The van der Waals surface area contributed by atoms with Crippen molar-refractivity contribution in [3.63, 3.8) is 0 Å². The number of hydrogen-bond donors (Lipinski definition) is 0. The lowest BCUT2D eigenvalue weighted by Gasteiger charge is -2.13. The summed E-state index contributed by atoms with van der Waals surface area (Å²) in [5, 5.41) is 0. The molecule has 17 heavy (non-hydrogen) atoms. The highest BCUT2D eigenvalue weighted by Gasteiger charge is 2.19. The van der Waals surface area contributed by atoms with Gasteiger partial charge in [-0.25, -0.2) is 4.39 Å². The first-order valence-electron chi connectivity index (χ1n) is 4.84. The van der Waals surface area contributed by atoms with Crippen LogP contribution in [0.2, 0.25) is 0 Å². The van der Waals surface area contributed by atoms with Gasteiger partial charge in [-0.1, -0.05) is 15.9 Å². The normalized spacial score (nSPS) is 12.5. The minimum absolute atomic E-state index is 0.177. The van der Waals surface area contributed by atoms with Gasteiger partial charge in [0.25, 0.3) is 0 Å². The first kappa shape index (κ1) is 12.6. The first-order valence-corrected chi connectivity index (χ1v) is 6.54. The molecule has 1 atom stereocenters. The molecule has 0 fully saturated rings. The molecule has 0 saturated heterocycles. The molecule has 90 valence electrons. The van der Waals surface area contributed by atoms with Gasteiger partial charge >= 0.3 is 0 Å². The average Bonchev–Trinajstić information content (AvgIpc) is 2.84. The maximum absolute atomic E-state index is 13.4. The highest BCUT2D eigenvalue weighted by Crippen LogP contribution is 2.39. The average molecular weight is 364 g/mol. The van der Waals surface area contributed by atoms with Crippen molar-refractivity contribution in [2.45, 2.75) is 4.83 Å². The van der Waals surface area contributed by atoms with Crippen LogP contribution in [0, 0.1) is 5.82 Å². The van der Waals surface area contributed by atoms with Gasteiger partial charge < -0.3 is 9.15 Å². The highest BCUT2D eigenvalue weighted by molar-refractivity contribution is 9.10. The van der Waals surface area contributed by atoms with Crippen molar-refractivity contribution < 1.29 is 13.5 Å². The summed E-state index contributed by atoms with van der Waals surface area (Å²) in [5.41, 5.74) is 0.802. The van der Waals surface area contributed by atoms with Crippen LogP contribution < -0.4 is 4.74 Å². The van der Waals surface area contributed by atoms with E-state index >= 15 is 0 Å². The Bertz CT molecular complexity index is 511. The van der Waals surface area contributed by atoms with Crippen molar-refractivity contribution >= 4 is 31.9 Å². The third-order valence-corrected chi connectivity index (χ3v) is 3.89. The second kappa shape index (κ2) is 5.23. The van der Waals surface area contributed by atoms with Gasteiger partial charge in [-0.15, -0.1) is 0 Å². The Morgan fingerprint density at radius 3 is 2.76 bits per heavy atom. The Kier molecular flexibility index (Phi) is 3.89. The number of furan rings is 1. The van der Waals surface area contributed by atoms with Crippen LogP contribution in [0.3, 0.4) is 0 Å². The Hall–Kier alpha value is -0.810. The van der Waals surface area contributed by atoms with Crippen LogP contribution in [0.4, 0.5) is 4.39 Å². The second-order valence-electron chi connectivity index (χ2n) is 3.39. The van der Waals surface area contributed by atoms with Crippen LogP contribution in [-0.4, -0.2) is 7.11 Å². The topological polar surface area (TPSA) is 22.4 Å². The number of rotatable bonds is 3. The molecule has 0 amide bonds. The Morgan fingerprint density at radius 1 is 1.41 bits per heavy atom. The van der Waals surface area contributed by atoms with E-state index in [1.165, 1.54) is 13.2 Å². The molecule has 0 spiro atoms. The lowest BCUT2D eigenvalue weighted by atomic mass is 10.1. The monoisotopic (exact) mass is 362 g/mol. The molecular weight excluding hydrogens is 355 g/mol. The number of methoxy groups -OCH3 is 1. The van der Waals surface area contributed by atoms with E-state index in [9.17, 15) is 4.39 Å². The number of halogens is 3. The fourth-order valence-electron chi connectivity index (χ4n) is 1.51. The molecule has 1 aromatic heterocycles. The lowest BCUT2D eigenvalue weighted by molar-refractivity contribution is 0.404. The maximum atomic E-state index is 13.4. The zero-order chi connectivity index (χ0) is 12.4. The fraction of sp³-hybridized carbons (Fsp3) is 0.167. The molecule has 0 aliphatic rings. The predicted molar refractivity (Wildman–Crippen MR) is 70.1 cm³/mol. The van der Waals surface area contributed by atoms with Gasteiger partial charge in [0.05, 0.1) is 17.8 Å². The van der Waals surface area contributed by atoms with E-state index in [1.807, 2.05) is 6.07 Å². The van der Waals surface area contributed by atoms with Gasteiger partial charge in [-0.3, -0.25) is 0 Å². The summed E-state index contributed by atoms with van der Waals surface area (Å²) in [7, 11) is 1.51. The van der Waals surface area contributed by atoms with Crippen LogP contribution in [0.5, 0.6) is 5.75 Å². The van der Waals surface area contributed by atoms with Crippen molar-refractivity contribution in [1.82, 2.24) is 0 Å². The maximum Gasteiger partial charge on any atom is 0.141 e. The molecule has 2 rings (SSSR count). The molecular formula is C12H9Br2FO2. The van der Waals surface area contributed by atoms with Crippen LogP contribution in [0.15, 0.2) is 39.4 Å². The van der Waals surface area contributed by atoms with Gasteiger partial charge in [0, 0.05) is 11.6 Å². The van der Waals surface area contributed by atoms with Crippen LogP contribution >= 0.6 is 31.9 Å². The summed E-state index contributed by atoms with van der Waals surface area (Å²) in [5.74, 6) is 0.857. The van der Waals surface area contributed by atoms with Crippen LogP contribution in [0.1, 0.15) is 16.2 Å². The summed E-state index contributed by atoms with van der Waals surface area (Å²) in [4.78, 5) is -0.177. The van der Waals surface area contributed by atoms with Crippen molar-refractivity contribution in [2.24, 2.45) is 0 Å². The molecule has 1 heterocycles. The van der Waals surface area contributed by atoms with Gasteiger partial charge in [-0.2, -0.15) is 0 Å². The molecule has 0 radical (unpaired) electrons.